The summed E-state index contributed by atoms with van der Waals surface area (Å²) in [5.74, 6) is 0.856. The SMILES string of the molecule is C[Si](C)Oc1ccc(NC(=O)OC(C)(C)CBr)c2ccc(C(C)(C)C)cc12. The third kappa shape index (κ3) is 5.72. The van der Waals surface area contributed by atoms with E-state index in [1.54, 1.807) is 0 Å². The molecule has 27 heavy (non-hydrogen) atoms. The van der Waals surface area contributed by atoms with E-state index in [1.807, 2.05) is 32.0 Å². The molecule has 1 N–H and O–H groups in total. The Morgan fingerprint density at radius 3 is 2.30 bits per heavy atom. The van der Waals surface area contributed by atoms with Crippen LogP contribution in [0.25, 0.3) is 10.8 Å². The highest BCUT2D eigenvalue weighted by atomic mass is 79.9. The number of benzene rings is 2. The zero-order valence-electron chi connectivity index (χ0n) is 17.2. The molecule has 0 aliphatic heterocycles. The normalized spacial score (nSPS) is 12.3. The molecular weight excluding hydrogens is 422 g/mol. The number of ether oxygens (including phenoxy) is 1. The van der Waals surface area contributed by atoms with Gasteiger partial charge in [0.25, 0.3) is 9.04 Å². The highest BCUT2D eigenvalue weighted by molar-refractivity contribution is 9.09. The van der Waals surface area contributed by atoms with E-state index in [-0.39, 0.29) is 5.41 Å². The van der Waals surface area contributed by atoms with Gasteiger partial charge in [0, 0.05) is 16.1 Å². The molecule has 2 aromatic rings. The molecule has 0 atom stereocenters. The first-order valence-corrected chi connectivity index (χ1v) is 12.6. The number of anilines is 1. The van der Waals surface area contributed by atoms with Crippen LogP contribution in [-0.2, 0) is 10.2 Å². The molecule has 0 aromatic heterocycles. The lowest BCUT2D eigenvalue weighted by Crippen LogP contribution is -2.32. The molecule has 0 saturated carbocycles. The third-order valence-electron chi connectivity index (χ3n) is 4.08. The number of rotatable bonds is 5. The maximum absolute atomic E-state index is 12.3. The van der Waals surface area contributed by atoms with Crippen molar-refractivity contribution in [2.45, 2.75) is 58.7 Å². The maximum atomic E-state index is 12.3. The Kier molecular flexibility index (Phi) is 6.63. The number of fused-ring (bicyclic) bond motifs is 1. The van der Waals surface area contributed by atoms with Gasteiger partial charge < -0.3 is 9.16 Å². The van der Waals surface area contributed by atoms with Crippen LogP contribution in [0, 0.1) is 0 Å². The van der Waals surface area contributed by atoms with Gasteiger partial charge in [-0.25, -0.2) is 4.79 Å². The van der Waals surface area contributed by atoms with Gasteiger partial charge in [-0.2, -0.15) is 0 Å². The highest BCUT2D eigenvalue weighted by Crippen LogP contribution is 2.36. The van der Waals surface area contributed by atoms with E-state index in [1.165, 1.54) is 5.56 Å². The molecule has 2 rings (SSSR count). The van der Waals surface area contributed by atoms with Crippen molar-refractivity contribution in [2.24, 2.45) is 0 Å². The zero-order chi connectivity index (χ0) is 20.4. The Morgan fingerprint density at radius 1 is 1.07 bits per heavy atom. The van der Waals surface area contributed by atoms with E-state index < -0.39 is 20.7 Å². The fourth-order valence-corrected chi connectivity index (χ4v) is 3.35. The molecule has 0 fully saturated rings. The van der Waals surface area contributed by atoms with Crippen molar-refractivity contribution in [2.75, 3.05) is 10.6 Å². The summed E-state index contributed by atoms with van der Waals surface area (Å²) < 4.78 is 11.6. The summed E-state index contributed by atoms with van der Waals surface area (Å²) in [5, 5.41) is 5.40. The second-order valence-electron chi connectivity index (χ2n) is 8.54. The van der Waals surface area contributed by atoms with Crippen molar-refractivity contribution in [1.29, 1.82) is 0 Å². The van der Waals surface area contributed by atoms with Crippen LogP contribution in [0.15, 0.2) is 30.3 Å². The highest BCUT2D eigenvalue weighted by Gasteiger charge is 2.22. The van der Waals surface area contributed by atoms with Gasteiger partial charge in [0.2, 0.25) is 0 Å². The number of alkyl halides is 1. The van der Waals surface area contributed by atoms with Crippen LogP contribution in [0.5, 0.6) is 5.75 Å². The van der Waals surface area contributed by atoms with Crippen LogP contribution in [-0.4, -0.2) is 26.1 Å². The van der Waals surface area contributed by atoms with Gasteiger partial charge in [-0.3, -0.25) is 5.32 Å². The molecule has 4 nitrogen and oxygen atoms in total. The van der Waals surface area contributed by atoms with Crippen molar-refractivity contribution in [1.82, 2.24) is 0 Å². The van der Waals surface area contributed by atoms with E-state index in [0.717, 1.165) is 16.5 Å². The molecule has 0 bridgehead atoms. The summed E-state index contributed by atoms with van der Waals surface area (Å²) in [5.41, 5.74) is 1.39. The summed E-state index contributed by atoms with van der Waals surface area (Å²) in [6.07, 6.45) is -0.468. The minimum atomic E-state index is -0.905. The van der Waals surface area contributed by atoms with Gasteiger partial charge >= 0.3 is 6.09 Å². The molecule has 2 aromatic carbocycles. The Morgan fingerprint density at radius 2 is 1.74 bits per heavy atom. The second-order valence-corrected chi connectivity index (χ2v) is 11.1. The van der Waals surface area contributed by atoms with Crippen molar-refractivity contribution in [3.63, 3.8) is 0 Å². The van der Waals surface area contributed by atoms with E-state index in [2.05, 4.69) is 67.2 Å². The number of nitrogens with one attached hydrogen (secondary N) is 1. The van der Waals surface area contributed by atoms with Gasteiger partial charge in [0.1, 0.15) is 11.4 Å². The molecule has 6 heteroatoms. The minimum absolute atomic E-state index is 0.0277. The number of carbonyl (C=O) groups is 1. The van der Waals surface area contributed by atoms with Crippen LogP contribution in [0.3, 0.4) is 0 Å². The second kappa shape index (κ2) is 8.23. The molecular formula is C21H29BrNO3Si. The average molecular weight is 451 g/mol. The third-order valence-corrected chi connectivity index (χ3v) is 6.06. The topological polar surface area (TPSA) is 47.6 Å². The van der Waals surface area contributed by atoms with Crippen molar-refractivity contribution < 1.29 is 14.0 Å². The lowest BCUT2D eigenvalue weighted by atomic mass is 9.85. The van der Waals surface area contributed by atoms with Gasteiger partial charge in [-0.1, -0.05) is 48.8 Å². The largest absolute Gasteiger partial charge is 0.542 e. The predicted octanol–water partition coefficient (Wildman–Crippen LogP) is 6.49. The van der Waals surface area contributed by atoms with E-state index in [4.69, 9.17) is 9.16 Å². The number of amides is 1. The van der Waals surface area contributed by atoms with Gasteiger partial charge in [0.05, 0.1) is 5.69 Å². The maximum Gasteiger partial charge on any atom is 0.412 e. The Labute approximate surface area is 172 Å². The van der Waals surface area contributed by atoms with Crippen molar-refractivity contribution >= 4 is 47.5 Å². The van der Waals surface area contributed by atoms with Crippen LogP contribution in [0.2, 0.25) is 13.1 Å². The molecule has 0 spiro atoms. The summed E-state index contributed by atoms with van der Waals surface area (Å²) in [4.78, 5) is 12.3. The first-order valence-electron chi connectivity index (χ1n) is 9.04. The minimum Gasteiger partial charge on any atom is -0.542 e. The number of hydrogen-bond donors (Lipinski definition) is 1. The first kappa shape index (κ1) is 21.8. The van der Waals surface area contributed by atoms with Gasteiger partial charge in [-0.15, -0.1) is 0 Å². The smallest absolute Gasteiger partial charge is 0.412 e. The lowest BCUT2D eigenvalue weighted by molar-refractivity contribution is 0.0680. The fourth-order valence-electron chi connectivity index (χ4n) is 2.62. The van der Waals surface area contributed by atoms with Gasteiger partial charge in [0.15, 0.2) is 0 Å². The van der Waals surface area contributed by atoms with Crippen molar-refractivity contribution in [3.8, 4) is 5.75 Å². The molecule has 1 radical (unpaired) electrons. The summed E-state index contributed by atoms with van der Waals surface area (Å²) in [6.45, 7) is 14.5. The molecule has 0 aliphatic carbocycles. The Balaban J connectivity index is 2.48. The van der Waals surface area contributed by atoms with Gasteiger partial charge in [-0.05, 0) is 56.1 Å². The van der Waals surface area contributed by atoms with E-state index in [9.17, 15) is 4.79 Å². The monoisotopic (exact) mass is 450 g/mol. The van der Waals surface area contributed by atoms with Crippen LogP contribution >= 0.6 is 15.9 Å². The fraction of sp³-hybridized carbons (Fsp3) is 0.476. The molecule has 1 amide bonds. The van der Waals surface area contributed by atoms with Crippen LogP contribution in [0.1, 0.15) is 40.2 Å². The molecule has 0 aliphatic rings. The first-order chi connectivity index (χ1) is 12.4. The predicted molar refractivity (Wildman–Crippen MR) is 119 cm³/mol. The number of hydrogen-bond acceptors (Lipinski definition) is 3. The molecule has 0 unspecified atom stereocenters. The summed E-state index contributed by atoms with van der Waals surface area (Å²) >= 11 is 3.36. The number of carbonyl (C=O) groups excluding carboxylic acids is 1. The molecule has 0 heterocycles. The molecule has 147 valence electrons. The summed E-state index contributed by atoms with van der Waals surface area (Å²) in [7, 11) is -0.905. The van der Waals surface area contributed by atoms with E-state index in [0.29, 0.717) is 11.0 Å². The Hall–Kier alpha value is -1.53. The van der Waals surface area contributed by atoms with E-state index >= 15 is 0 Å². The number of halogens is 1. The summed E-state index contributed by atoms with van der Waals surface area (Å²) in [6, 6.07) is 10.1. The quantitative estimate of drug-likeness (QED) is 0.418. The zero-order valence-corrected chi connectivity index (χ0v) is 19.8. The average Bonchev–Trinajstić information content (AvgIpc) is 2.55. The van der Waals surface area contributed by atoms with Crippen LogP contribution < -0.4 is 9.74 Å². The standard InChI is InChI=1S/C21H29BrNO3Si/c1-20(2,3)14-8-9-15-16(12-14)18(26-27(6)7)11-10-17(15)23-19(24)25-21(4,5)13-22/h8-12H,13H2,1-7H3,(H,23,24). The van der Waals surface area contributed by atoms with Crippen molar-refractivity contribution in [3.05, 3.63) is 35.9 Å². The molecule has 0 saturated heterocycles. The lowest BCUT2D eigenvalue weighted by Gasteiger charge is -2.24. The van der Waals surface area contributed by atoms with Crippen LogP contribution in [0.4, 0.5) is 10.5 Å². The Bertz CT molecular complexity index is 828.